The first kappa shape index (κ1) is 17.0. The molecule has 2 heterocycles. The highest BCUT2D eigenvalue weighted by molar-refractivity contribution is 7.09. The number of aryl methyl sites for hydroxylation is 1. The quantitative estimate of drug-likeness (QED) is 0.720. The monoisotopic (exact) mass is 343 g/mol. The van der Waals surface area contributed by atoms with E-state index in [4.69, 9.17) is 4.74 Å². The molecule has 1 atom stereocenters. The normalized spacial score (nSPS) is 17.2. The highest BCUT2D eigenvalue weighted by atomic mass is 32.1. The summed E-state index contributed by atoms with van der Waals surface area (Å²) in [6, 6.07) is 12.7. The molecule has 2 aromatic rings. The molecule has 3 nitrogen and oxygen atoms in total. The Hall–Kier alpha value is -1.81. The summed E-state index contributed by atoms with van der Waals surface area (Å²) < 4.78 is 5.51. The molecule has 0 spiro atoms. The predicted octanol–water partition coefficient (Wildman–Crippen LogP) is 4.83. The average molecular weight is 343 g/mol. The van der Waals surface area contributed by atoms with E-state index in [0.717, 1.165) is 38.0 Å². The molecule has 1 amide bonds. The number of rotatable bonds is 7. The summed E-state index contributed by atoms with van der Waals surface area (Å²) >= 11 is 1.77. The van der Waals surface area contributed by atoms with Crippen LogP contribution in [0.15, 0.2) is 41.8 Å². The lowest BCUT2D eigenvalue weighted by molar-refractivity contribution is -0.132. The average Bonchev–Trinajstić information content (AvgIpc) is 3.27. The second-order valence-electron chi connectivity index (χ2n) is 6.18. The van der Waals surface area contributed by atoms with Gasteiger partial charge in [0.1, 0.15) is 5.75 Å². The summed E-state index contributed by atoms with van der Waals surface area (Å²) in [7, 11) is 0. The van der Waals surface area contributed by atoms with Crippen molar-refractivity contribution < 1.29 is 9.53 Å². The first-order valence-corrected chi connectivity index (χ1v) is 9.70. The molecule has 128 valence electrons. The molecule has 0 radical (unpaired) electrons. The van der Waals surface area contributed by atoms with Gasteiger partial charge in [-0.25, -0.2) is 0 Å². The predicted molar refractivity (Wildman–Crippen MR) is 98.6 cm³/mol. The van der Waals surface area contributed by atoms with Crippen molar-refractivity contribution in [2.45, 2.75) is 45.1 Å². The van der Waals surface area contributed by atoms with Crippen LogP contribution >= 0.6 is 11.3 Å². The van der Waals surface area contributed by atoms with Gasteiger partial charge in [-0.1, -0.05) is 18.2 Å². The largest absolute Gasteiger partial charge is 0.494 e. The Balaban J connectivity index is 1.56. The number of thiophene rings is 1. The number of ether oxygens (including phenoxy) is 1. The fourth-order valence-corrected chi connectivity index (χ4v) is 4.13. The second-order valence-corrected chi connectivity index (χ2v) is 7.21. The molecule has 1 aromatic carbocycles. The van der Waals surface area contributed by atoms with E-state index in [1.165, 1.54) is 10.4 Å². The van der Waals surface area contributed by atoms with E-state index < -0.39 is 0 Å². The van der Waals surface area contributed by atoms with Crippen molar-refractivity contribution in [3.05, 3.63) is 52.2 Å². The van der Waals surface area contributed by atoms with E-state index in [2.05, 4.69) is 34.5 Å². The molecule has 1 unspecified atom stereocenters. The van der Waals surface area contributed by atoms with Crippen LogP contribution < -0.4 is 4.74 Å². The zero-order valence-corrected chi connectivity index (χ0v) is 15.1. The van der Waals surface area contributed by atoms with Gasteiger partial charge in [0, 0.05) is 17.8 Å². The number of benzene rings is 1. The molecule has 1 aliphatic rings. The minimum absolute atomic E-state index is 0.231. The van der Waals surface area contributed by atoms with Gasteiger partial charge < -0.3 is 9.64 Å². The lowest BCUT2D eigenvalue weighted by Gasteiger charge is -2.25. The Bertz CT molecular complexity index is 636. The summed E-state index contributed by atoms with van der Waals surface area (Å²) in [6.45, 7) is 3.55. The molecule has 4 heteroatoms. The zero-order chi connectivity index (χ0) is 16.8. The van der Waals surface area contributed by atoms with E-state index in [1.807, 2.05) is 19.1 Å². The molecule has 3 rings (SSSR count). The van der Waals surface area contributed by atoms with Crippen LogP contribution in [0, 0.1) is 0 Å². The molecule has 0 saturated carbocycles. The molecule has 0 bridgehead atoms. The van der Waals surface area contributed by atoms with Crippen molar-refractivity contribution in [2.24, 2.45) is 0 Å². The maximum absolute atomic E-state index is 12.6. The molecule has 0 N–H and O–H groups in total. The first-order chi connectivity index (χ1) is 11.8. The smallest absolute Gasteiger partial charge is 0.223 e. The third-order valence-electron chi connectivity index (χ3n) is 4.54. The zero-order valence-electron chi connectivity index (χ0n) is 14.2. The van der Waals surface area contributed by atoms with Crippen LogP contribution in [-0.4, -0.2) is 24.0 Å². The summed E-state index contributed by atoms with van der Waals surface area (Å²) in [4.78, 5) is 16.1. The van der Waals surface area contributed by atoms with Gasteiger partial charge in [0.05, 0.1) is 12.6 Å². The van der Waals surface area contributed by atoms with Crippen molar-refractivity contribution in [2.75, 3.05) is 13.2 Å². The molecular formula is C20H25NO2S. The maximum atomic E-state index is 12.6. The van der Waals surface area contributed by atoms with Crippen LogP contribution in [0.2, 0.25) is 0 Å². The Morgan fingerprint density at radius 1 is 1.29 bits per heavy atom. The van der Waals surface area contributed by atoms with Crippen molar-refractivity contribution in [3.63, 3.8) is 0 Å². The van der Waals surface area contributed by atoms with Crippen LogP contribution in [-0.2, 0) is 11.2 Å². The fourth-order valence-electron chi connectivity index (χ4n) is 3.38. The number of amides is 1. The molecule has 1 aromatic heterocycles. The fraction of sp³-hybridized carbons (Fsp3) is 0.450. The van der Waals surface area contributed by atoms with E-state index >= 15 is 0 Å². The van der Waals surface area contributed by atoms with Gasteiger partial charge in [-0.2, -0.15) is 0 Å². The van der Waals surface area contributed by atoms with Crippen molar-refractivity contribution in [1.82, 2.24) is 4.90 Å². The first-order valence-electron chi connectivity index (χ1n) is 8.82. The van der Waals surface area contributed by atoms with Gasteiger partial charge in [-0.15, -0.1) is 11.3 Å². The standard InChI is InChI=1S/C20H25NO2S/c1-2-23-17-12-10-16(11-13-17)19-8-4-14-21(19)20(22)9-3-6-18-7-5-15-24-18/h5,7,10-13,15,19H,2-4,6,8-9,14H2,1H3. The van der Waals surface area contributed by atoms with Crippen LogP contribution in [0.5, 0.6) is 5.75 Å². The number of nitrogens with zero attached hydrogens (tertiary/aromatic N) is 1. The Labute approximate surface area is 148 Å². The van der Waals surface area contributed by atoms with Crippen molar-refractivity contribution >= 4 is 17.2 Å². The van der Waals surface area contributed by atoms with Crippen LogP contribution in [0.1, 0.15) is 49.1 Å². The number of likely N-dealkylation sites (tertiary alicyclic amines) is 1. The summed E-state index contributed by atoms with van der Waals surface area (Å²) in [6.07, 6.45) is 4.74. The molecule has 24 heavy (non-hydrogen) atoms. The van der Waals surface area contributed by atoms with Gasteiger partial charge in [0.25, 0.3) is 0 Å². The van der Waals surface area contributed by atoms with E-state index in [0.29, 0.717) is 18.9 Å². The SMILES string of the molecule is CCOc1ccc(C2CCCN2C(=O)CCCc2cccs2)cc1. The lowest BCUT2D eigenvalue weighted by atomic mass is 10.0. The van der Waals surface area contributed by atoms with E-state index in [-0.39, 0.29) is 6.04 Å². The van der Waals surface area contributed by atoms with Crippen LogP contribution in [0.4, 0.5) is 0 Å². The van der Waals surface area contributed by atoms with Gasteiger partial charge in [-0.05, 0) is 61.7 Å². The van der Waals surface area contributed by atoms with Gasteiger partial charge in [-0.3, -0.25) is 4.79 Å². The summed E-state index contributed by atoms with van der Waals surface area (Å²) in [5, 5.41) is 2.10. The molecule has 1 fully saturated rings. The Kier molecular flexibility index (Phi) is 5.91. The lowest BCUT2D eigenvalue weighted by Crippen LogP contribution is -2.30. The van der Waals surface area contributed by atoms with Crippen LogP contribution in [0.25, 0.3) is 0 Å². The Morgan fingerprint density at radius 2 is 2.12 bits per heavy atom. The summed E-state index contributed by atoms with van der Waals surface area (Å²) in [5.74, 6) is 1.19. The maximum Gasteiger partial charge on any atom is 0.223 e. The van der Waals surface area contributed by atoms with Gasteiger partial charge >= 0.3 is 0 Å². The van der Waals surface area contributed by atoms with Crippen molar-refractivity contribution in [1.29, 1.82) is 0 Å². The minimum atomic E-state index is 0.231. The number of hydrogen-bond acceptors (Lipinski definition) is 3. The number of carbonyl (C=O) groups is 1. The number of carbonyl (C=O) groups excluding carboxylic acids is 1. The van der Waals surface area contributed by atoms with E-state index in [1.54, 1.807) is 11.3 Å². The highest BCUT2D eigenvalue weighted by Gasteiger charge is 2.29. The summed E-state index contributed by atoms with van der Waals surface area (Å²) in [5.41, 5.74) is 1.22. The third-order valence-corrected chi connectivity index (χ3v) is 5.48. The Morgan fingerprint density at radius 3 is 2.83 bits per heavy atom. The van der Waals surface area contributed by atoms with E-state index in [9.17, 15) is 4.79 Å². The molecule has 1 aliphatic heterocycles. The molecular weight excluding hydrogens is 318 g/mol. The molecule has 0 aliphatic carbocycles. The highest BCUT2D eigenvalue weighted by Crippen LogP contribution is 2.33. The van der Waals surface area contributed by atoms with Crippen molar-refractivity contribution in [3.8, 4) is 5.75 Å². The third kappa shape index (κ3) is 4.18. The minimum Gasteiger partial charge on any atom is -0.494 e. The van der Waals surface area contributed by atoms with Gasteiger partial charge in [0.15, 0.2) is 0 Å². The molecule has 1 saturated heterocycles. The topological polar surface area (TPSA) is 29.5 Å². The van der Waals surface area contributed by atoms with Crippen LogP contribution in [0.3, 0.4) is 0 Å². The number of hydrogen-bond donors (Lipinski definition) is 0. The second kappa shape index (κ2) is 8.34. The van der Waals surface area contributed by atoms with Gasteiger partial charge in [0.2, 0.25) is 5.91 Å².